The second-order valence-electron chi connectivity index (χ2n) is 7.98. The molecule has 5 nitrogen and oxygen atoms in total. The van der Waals surface area contributed by atoms with E-state index < -0.39 is 0 Å². The largest absolute Gasteiger partial charge is 0.377 e. The first-order chi connectivity index (χ1) is 12.2. The van der Waals surface area contributed by atoms with Gasteiger partial charge in [0.2, 0.25) is 0 Å². The predicted molar refractivity (Wildman–Crippen MR) is 95.6 cm³/mol. The maximum absolute atomic E-state index is 6.05. The summed E-state index contributed by atoms with van der Waals surface area (Å²) in [4.78, 5) is 4.42. The molecule has 3 aliphatic rings. The molecule has 2 saturated carbocycles. The third kappa shape index (κ3) is 2.15. The van der Waals surface area contributed by atoms with E-state index in [0.717, 1.165) is 12.4 Å². The number of pyridine rings is 1. The zero-order valence-corrected chi connectivity index (χ0v) is 15.0. The van der Waals surface area contributed by atoms with Crippen molar-refractivity contribution in [3.63, 3.8) is 0 Å². The van der Waals surface area contributed by atoms with Crippen molar-refractivity contribution in [2.75, 3.05) is 6.61 Å². The number of rotatable bonds is 4. The Balaban J connectivity index is 1.37. The molecule has 2 aromatic rings. The van der Waals surface area contributed by atoms with Crippen molar-refractivity contribution in [2.24, 2.45) is 11.3 Å². The molecule has 2 aliphatic carbocycles. The Morgan fingerprint density at radius 2 is 2.24 bits per heavy atom. The van der Waals surface area contributed by atoms with Crippen molar-refractivity contribution in [2.45, 2.75) is 57.7 Å². The summed E-state index contributed by atoms with van der Waals surface area (Å²) in [7, 11) is 0. The average Bonchev–Trinajstić information content (AvgIpc) is 3.17. The zero-order valence-electron chi connectivity index (χ0n) is 15.0. The molecule has 5 heteroatoms. The van der Waals surface area contributed by atoms with Gasteiger partial charge in [-0.05, 0) is 45.2 Å². The molecule has 0 aromatic carbocycles. The first-order valence-corrected chi connectivity index (χ1v) is 9.54. The van der Waals surface area contributed by atoms with Crippen molar-refractivity contribution in [3.8, 4) is 5.82 Å². The second kappa shape index (κ2) is 5.64. The molecule has 1 saturated heterocycles. The molecule has 4 unspecified atom stereocenters. The number of hydrogen-bond acceptors (Lipinski definition) is 4. The van der Waals surface area contributed by atoms with Gasteiger partial charge in [-0.3, -0.25) is 0 Å². The van der Waals surface area contributed by atoms with Crippen molar-refractivity contribution < 1.29 is 4.74 Å². The third-order valence-electron chi connectivity index (χ3n) is 6.85. The van der Waals surface area contributed by atoms with Crippen molar-refractivity contribution in [1.82, 2.24) is 20.1 Å². The van der Waals surface area contributed by atoms with Crippen LogP contribution in [0.25, 0.3) is 5.82 Å². The molecule has 0 bridgehead atoms. The van der Waals surface area contributed by atoms with E-state index in [1.165, 1.54) is 36.9 Å². The molecule has 1 aliphatic heterocycles. The monoisotopic (exact) mass is 338 g/mol. The lowest BCUT2D eigenvalue weighted by Gasteiger charge is -2.64. The topological polar surface area (TPSA) is 52.0 Å². The number of aromatic nitrogens is 3. The van der Waals surface area contributed by atoms with Gasteiger partial charge in [0.15, 0.2) is 5.82 Å². The predicted octanol–water partition coefficient (Wildman–Crippen LogP) is 3.18. The van der Waals surface area contributed by atoms with Crippen molar-refractivity contribution in [3.05, 3.63) is 41.9 Å². The third-order valence-corrected chi connectivity index (χ3v) is 6.85. The van der Waals surface area contributed by atoms with Crippen LogP contribution in [0.3, 0.4) is 0 Å². The van der Waals surface area contributed by atoms with E-state index in [2.05, 4.69) is 29.2 Å². The van der Waals surface area contributed by atoms with Gasteiger partial charge in [0, 0.05) is 47.5 Å². The van der Waals surface area contributed by atoms with E-state index in [1.54, 1.807) is 0 Å². The fraction of sp³-hybridized carbons (Fsp3) is 0.600. The van der Waals surface area contributed by atoms with Crippen LogP contribution in [0.2, 0.25) is 0 Å². The standard InChI is InChI=1S/C20H26N4O/c1-13(16-12-22-24(14(16)2)17-6-3-4-10-21-17)23-18-15-7-11-25-19(15)20(18)8-5-9-20/h3-4,6,10,12-13,15,18-19,23H,5,7-9,11H2,1-2H3. The molecule has 0 radical (unpaired) electrons. The van der Waals surface area contributed by atoms with E-state index in [4.69, 9.17) is 4.74 Å². The lowest BCUT2D eigenvalue weighted by molar-refractivity contribution is -0.178. The molecule has 4 atom stereocenters. The highest BCUT2D eigenvalue weighted by molar-refractivity contribution is 5.30. The van der Waals surface area contributed by atoms with E-state index in [0.29, 0.717) is 29.5 Å². The van der Waals surface area contributed by atoms with E-state index in [1.807, 2.05) is 35.3 Å². The fourth-order valence-corrected chi connectivity index (χ4v) is 5.41. The molecule has 132 valence electrons. The number of nitrogens with one attached hydrogen (secondary N) is 1. The van der Waals surface area contributed by atoms with Gasteiger partial charge in [-0.1, -0.05) is 12.5 Å². The molecule has 0 amide bonds. The molecule has 1 spiro atoms. The van der Waals surface area contributed by atoms with E-state index in [-0.39, 0.29) is 0 Å². The van der Waals surface area contributed by atoms with Gasteiger partial charge in [0.1, 0.15) is 0 Å². The van der Waals surface area contributed by atoms with Crippen LogP contribution in [0.5, 0.6) is 0 Å². The number of fused-ring (bicyclic) bond motifs is 2. The fourth-order valence-electron chi connectivity index (χ4n) is 5.41. The highest BCUT2D eigenvalue weighted by atomic mass is 16.5. The Morgan fingerprint density at radius 1 is 1.36 bits per heavy atom. The molecule has 5 rings (SSSR count). The van der Waals surface area contributed by atoms with Gasteiger partial charge in [0.25, 0.3) is 0 Å². The van der Waals surface area contributed by atoms with Crippen molar-refractivity contribution >= 4 is 0 Å². The molecular weight excluding hydrogens is 312 g/mol. The SMILES string of the molecule is Cc1c(C(C)NC2C3CCOC3C23CCC3)cnn1-c1ccccn1. The summed E-state index contributed by atoms with van der Waals surface area (Å²) in [5.74, 6) is 1.58. The Labute approximate surface area is 148 Å². The smallest absolute Gasteiger partial charge is 0.153 e. The summed E-state index contributed by atoms with van der Waals surface area (Å²) in [5, 5.41) is 8.53. The first kappa shape index (κ1) is 15.5. The Morgan fingerprint density at radius 3 is 2.96 bits per heavy atom. The molecular formula is C20H26N4O. The molecule has 1 N–H and O–H groups in total. The van der Waals surface area contributed by atoms with Crippen LogP contribution in [0.15, 0.2) is 30.6 Å². The van der Waals surface area contributed by atoms with Crippen LogP contribution in [-0.2, 0) is 4.74 Å². The summed E-state index contributed by atoms with van der Waals surface area (Å²) in [5.41, 5.74) is 2.85. The number of nitrogens with zero attached hydrogens (tertiary/aromatic N) is 3. The maximum atomic E-state index is 6.05. The number of ether oxygens (including phenoxy) is 1. The highest BCUT2D eigenvalue weighted by Gasteiger charge is 2.66. The van der Waals surface area contributed by atoms with E-state index >= 15 is 0 Å². The van der Waals surface area contributed by atoms with Gasteiger partial charge < -0.3 is 10.1 Å². The first-order valence-electron chi connectivity index (χ1n) is 9.54. The molecule has 3 fully saturated rings. The minimum absolute atomic E-state index is 0.293. The maximum Gasteiger partial charge on any atom is 0.153 e. The van der Waals surface area contributed by atoms with Gasteiger partial charge >= 0.3 is 0 Å². The van der Waals surface area contributed by atoms with Crippen LogP contribution in [-0.4, -0.2) is 33.5 Å². The minimum Gasteiger partial charge on any atom is -0.377 e. The van der Waals surface area contributed by atoms with Crippen molar-refractivity contribution in [1.29, 1.82) is 0 Å². The molecule has 3 heterocycles. The molecule has 2 aromatic heterocycles. The number of hydrogen-bond donors (Lipinski definition) is 1. The van der Waals surface area contributed by atoms with Crippen LogP contribution in [0.1, 0.15) is 49.9 Å². The van der Waals surface area contributed by atoms with Crippen LogP contribution < -0.4 is 5.32 Å². The van der Waals surface area contributed by atoms with Crippen LogP contribution >= 0.6 is 0 Å². The van der Waals surface area contributed by atoms with Gasteiger partial charge in [-0.25, -0.2) is 9.67 Å². The van der Waals surface area contributed by atoms with E-state index in [9.17, 15) is 0 Å². The van der Waals surface area contributed by atoms with Crippen LogP contribution in [0, 0.1) is 18.3 Å². The quantitative estimate of drug-likeness (QED) is 0.930. The summed E-state index contributed by atoms with van der Waals surface area (Å²) < 4.78 is 7.99. The summed E-state index contributed by atoms with van der Waals surface area (Å²) in [6.07, 6.45) is 9.54. The van der Waals surface area contributed by atoms with Gasteiger partial charge in [-0.15, -0.1) is 0 Å². The zero-order chi connectivity index (χ0) is 17.0. The minimum atomic E-state index is 0.293. The highest BCUT2D eigenvalue weighted by Crippen LogP contribution is 2.63. The average molecular weight is 338 g/mol. The Bertz CT molecular complexity index is 767. The second-order valence-corrected chi connectivity index (χ2v) is 7.98. The lowest BCUT2D eigenvalue weighted by atomic mass is 9.46. The summed E-state index contributed by atoms with van der Waals surface area (Å²) >= 11 is 0. The Kier molecular flexibility index (Phi) is 3.51. The van der Waals surface area contributed by atoms with Crippen LogP contribution in [0.4, 0.5) is 0 Å². The Hall–Kier alpha value is -1.72. The summed E-state index contributed by atoms with van der Waals surface area (Å²) in [6, 6.07) is 6.82. The normalized spacial score (nSPS) is 30.6. The molecule has 25 heavy (non-hydrogen) atoms. The lowest BCUT2D eigenvalue weighted by Crippen LogP contribution is -2.71. The van der Waals surface area contributed by atoms with Gasteiger partial charge in [-0.2, -0.15) is 5.10 Å². The summed E-state index contributed by atoms with van der Waals surface area (Å²) in [6.45, 7) is 5.35. The van der Waals surface area contributed by atoms with Gasteiger partial charge in [0.05, 0.1) is 12.3 Å².